The fraction of sp³-hybridized carbons (Fsp3) is 1.00. The lowest BCUT2D eigenvalue weighted by Gasteiger charge is -2.36. The molecular weight excluding hydrogens is 196 g/mol. The van der Waals surface area contributed by atoms with E-state index in [1.54, 1.807) is 0 Å². The zero-order chi connectivity index (χ0) is 11.9. The molecule has 0 saturated heterocycles. The van der Waals surface area contributed by atoms with Gasteiger partial charge in [0.2, 0.25) is 0 Å². The third-order valence-corrected chi connectivity index (χ3v) is 4.25. The van der Waals surface area contributed by atoms with Crippen LogP contribution in [0.3, 0.4) is 0 Å². The summed E-state index contributed by atoms with van der Waals surface area (Å²) in [5.74, 6) is 0.786. The molecule has 0 bridgehead atoms. The average molecular weight is 226 g/mol. The first-order valence-corrected chi connectivity index (χ1v) is 7.42. The van der Waals surface area contributed by atoms with Gasteiger partial charge < -0.3 is 5.11 Å². The van der Waals surface area contributed by atoms with Crippen LogP contribution >= 0.6 is 0 Å². The highest BCUT2D eigenvalue weighted by Crippen LogP contribution is 2.37. The molecule has 0 radical (unpaired) electrons. The second kappa shape index (κ2) is 7.32. The van der Waals surface area contributed by atoms with Gasteiger partial charge in [-0.3, -0.25) is 0 Å². The molecule has 1 aliphatic rings. The minimum atomic E-state index is -0.300. The number of hydrogen-bond acceptors (Lipinski definition) is 1. The van der Waals surface area contributed by atoms with E-state index in [-0.39, 0.29) is 5.60 Å². The van der Waals surface area contributed by atoms with Gasteiger partial charge in [0.25, 0.3) is 0 Å². The zero-order valence-corrected chi connectivity index (χ0v) is 11.3. The SMILES string of the molecule is CCCCCCCC1(O)CCCC(CC)C1. The third kappa shape index (κ3) is 4.86. The van der Waals surface area contributed by atoms with Crippen molar-refractivity contribution in [1.82, 2.24) is 0 Å². The van der Waals surface area contributed by atoms with Crippen molar-refractivity contribution in [3.8, 4) is 0 Å². The Balaban J connectivity index is 2.17. The molecule has 0 aliphatic heterocycles. The molecule has 0 spiro atoms. The first-order valence-electron chi connectivity index (χ1n) is 7.42. The lowest BCUT2D eigenvalue weighted by atomic mass is 9.75. The topological polar surface area (TPSA) is 20.2 Å². The van der Waals surface area contributed by atoms with Crippen molar-refractivity contribution in [1.29, 1.82) is 0 Å². The molecule has 1 nitrogen and oxygen atoms in total. The Morgan fingerprint density at radius 3 is 2.56 bits per heavy atom. The van der Waals surface area contributed by atoms with Crippen molar-refractivity contribution in [2.24, 2.45) is 5.92 Å². The lowest BCUT2D eigenvalue weighted by Crippen LogP contribution is -2.35. The van der Waals surface area contributed by atoms with Crippen LogP contribution in [0.25, 0.3) is 0 Å². The van der Waals surface area contributed by atoms with E-state index in [4.69, 9.17) is 0 Å². The molecule has 1 fully saturated rings. The standard InChI is InChI=1S/C15H30O/c1-3-5-6-7-8-11-15(16)12-9-10-14(4-2)13-15/h14,16H,3-13H2,1-2H3. The summed E-state index contributed by atoms with van der Waals surface area (Å²) in [6.45, 7) is 4.51. The highest BCUT2D eigenvalue weighted by atomic mass is 16.3. The van der Waals surface area contributed by atoms with Gasteiger partial charge in [-0.15, -0.1) is 0 Å². The summed E-state index contributed by atoms with van der Waals surface area (Å²) in [6, 6.07) is 0. The van der Waals surface area contributed by atoms with E-state index in [0.717, 1.165) is 25.2 Å². The van der Waals surface area contributed by atoms with Gasteiger partial charge >= 0.3 is 0 Å². The maximum atomic E-state index is 10.5. The van der Waals surface area contributed by atoms with E-state index < -0.39 is 0 Å². The second-order valence-electron chi connectivity index (χ2n) is 5.76. The molecule has 0 aromatic carbocycles. The van der Waals surface area contributed by atoms with Crippen LogP contribution in [-0.4, -0.2) is 10.7 Å². The molecule has 1 aliphatic carbocycles. The fourth-order valence-electron chi connectivity index (χ4n) is 3.09. The molecule has 1 heteroatoms. The van der Waals surface area contributed by atoms with E-state index in [9.17, 15) is 5.11 Å². The Morgan fingerprint density at radius 1 is 1.12 bits per heavy atom. The highest BCUT2D eigenvalue weighted by Gasteiger charge is 2.32. The average Bonchev–Trinajstić information content (AvgIpc) is 2.29. The predicted octanol–water partition coefficient (Wildman–Crippen LogP) is 4.68. The maximum Gasteiger partial charge on any atom is 0.0650 e. The molecule has 1 rings (SSSR count). The minimum Gasteiger partial charge on any atom is -0.390 e. The van der Waals surface area contributed by atoms with Gasteiger partial charge in [0.1, 0.15) is 0 Å². The smallest absolute Gasteiger partial charge is 0.0650 e. The van der Waals surface area contributed by atoms with Gasteiger partial charge in [0.15, 0.2) is 0 Å². The first kappa shape index (κ1) is 14.0. The summed E-state index contributed by atoms with van der Waals surface area (Å²) in [5, 5.41) is 10.5. The summed E-state index contributed by atoms with van der Waals surface area (Å²) in [7, 11) is 0. The van der Waals surface area contributed by atoms with E-state index >= 15 is 0 Å². The normalized spacial score (nSPS) is 30.6. The van der Waals surface area contributed by atoms with Crippen LogP contribution in [0.1, 0.15) is 84.5 Å². The Kier molecular flexibility index (Phi) is 6.41. The molecule has 96 valence electrons. The quantitative estimate of drug-likeness (QED) is 0.625. The van der Waals surface area contributed by atoms with Gasteiger partial charge in [-0.25, -0.2) is 0 Å². The van der Waals surface area contributed by atoms with Crippen LogP contribution in [0, 0.1) is 5.92 Å². The van der Waals surface area contributed by atoms with Crippen LogP contribution in [-0.2, 0) is 0 Å². The Labute approximate surface area is 102 Å². The zero-order valence-electron chi connectivity index (χ0n) is 11.3. The summed E-state index contributed by atoms with van der Waals surface area (Å²) in [6.07, 6.45) is 13.6. The van der Waals surface area contributed by atoms with E-state index in [2.05, 4.69) is 13.8 Å². The monoisotopic (exact) mass is 226 g/mol. The molecule has 0 aromatic rings. The molecule has 0 heterocycles. The predicted molar refractivity (Wildman–Crippen MR) is 70.6 cm³/mol. The number of aliphatic hydroxyl groups is 1. The van der Waals surface area contributed by atoms with Crippen molar-refractivity contribution in [2.45, 2.75) is 90.1 Å². The van der Waals surface area contributed by atoms with Gasteiger partial charge in [-0.2, -0.15) is 0 Å². The van der Waals surface area contributed by atoms with Crippen molar-refractivity contribution >= 4 is 0 Å². The molecule has 2 atom stereocenters. The van der Waals surface area contributed by atoms with Crippen molar-refractivity contribution in [3.63, 3.8) is 0 Å². The molecule has 2 unspecified atom stereocenters. The highest BCUT2D eigenvalue weighted by molar-refractivity contribution is 4.85. The van der Waals surface area contributed by atoms with Gasteiger partial charge in [0.05, 0.1) is 5.60 Å². The van der Waals surface area contributed by atoms with Crippen molar-refractivity contribution < 1.29 is 5.11 Å². The van der Waals surface area contributed by atoms with Gasteiger partial charge in [-0.1, -0.05) is 65.2 Å². The Morgan fingerprint density at radius 2 is 1.88 bits per heavy atom. The lowest BCUT2D eigenvalue weighted by molar-refractivity contribution is -0.0255. The summed E-state index contributed by atoms with van der Waals surface area (Å²) in [4.78, 5) is 0. The van der Waals surface area contributed by atoms with Crippen LogP contribution in [0.15, 0.2) is 0 Å². The molecule has 0 aromatic heterocycles. The van der Waals surface area contributed by atoms with Gasteiger partial charge in [0, 0.05) is 0 Å². The molecule has 1 N–H and O–H groups in total. The second-order valence-corrected chi connectivity index (χ2v) is 5.76. The summed E-state index contributed by atoms with van der Waals surface area (Å²) in [5.41, 5.74) is -0.300. The third-order valence-electron chi connectivity index (χ3n) is 4.25. The number of unbranched alkanes of at least 4 members (excludes halogenated alkanes) is 4. The van der Waals surface area contributed by atoms with E-state index in [1.165, 1.54) is 51.4 Å². The Hall–Kier alpha value is -0.0400. The van der Waals surface area contributed by atoms with Crippen LogP contribution in [0.4, 0.5) is 0 Å². The summed E-state index contributed by atoms with van der Waals surface area (Å²) < 4.78 is 0. The first-order chi connectivity index (χ1) is 7.70. The largest absolute Gasteiger partial charge is 0.390 e. The van der Waals surface area contributed by atoms with Gasteiger partial charge in [-0.05, 0) is 25.2 Å². The summed E-state index contributed by atoms with van der Waals surface area (Å²) >= 11 is 0. The van der Waals surface area contributed by atoms with Crippen LogP contribution in [0.2, 0.25) is 0 Å². The molecule has 0 amide bonds. The Bertz CT molecular complexity index is 178. The van der Waals surface area contributed by atoms with Crippen LogP contribution < -0.4 is 0 Å². The number of hydrogen-bond donors (Lipinski definition) is 1. The molecule has 1 saturated carbocycles. The van der Waals surface area contributed by atoms with Crippen LogP contribution in [0.5, 0.6) is 0 Å². The minimum absolute atomic E-state index is 0.300. The molecule has 16 heavy (non-hydrogen) atoms. The van der Waals surface area contributed by atoms with E-state index in [1.807, 2.05) is 0 Å². The fourth-order valence-corrected chi connectivity index (χ4v) is 3.09. The maximum absolute atomic E-state index is 10.5. The van der Waals surface area contributed by atoms with E-state index in [0.29, 0.717) is 0 Å². The number of rotatable bonds is 7. The molecular formula is C15H30O. The van der Waals surface area contributed by atoms with Crippen molar-refractivity contribution in [2.75, 3.05) is 0 Å². The van der Waals surface area contributed by atoms with Crippen molar-refractivity contribution in [3.05, 3.63) is 0 Å².